The van der Waals surface area contributed by atoms with Gasteiger partial charge in [0.25, 0.3) is 0 Å². The van der Waals surface area contributed by atoms with E-state index < -0.39 is 18.1 Å². The highest BCUT2D eigenvalue weighted by molar-refractivity contribution is 5.98. The fourth-order valence-corrected chi connectivity index (χ4v) is 7.80. The van der Waals surface area contributed by atoms with E-state index in [1.165, 1.54) is 0 Å². The van der Waals surface area contributed by atoms with E-state index in [0.717, 1.165) is 78.3 Å². The van der Waals surface area contributed by atoms with E-state index in [4.69, 9.17) is 0 Å². The predicted molar refractivity (Wildman–Crippen MR) is 194 cm³/mol. The Balaban J connectivity index is 1.17. The van der Waals surface area contributed by atoms with Crippen LogP contribution in [0.2, 0.25) is 0 Å². The summed E-state index contributed by atoms with van der Waals surface area (Å²) in [5.74, 6) is -0.192. The molecule has 8 nitrogen and oxygen atoms in total. The first kappa shape index (κ1) is 33.0. The highest BCUT2D eigenvalue weighted by Gasteiger charge is 2.43. The van der Waals surface area contributed by atoms with Gasteiger partial charge in [0, 0.05) is 19.5 Å². The van der Waals surface area contributed by atoms with E-state index in [-0.39, 0.29) is 23.6 Å². The molecule has 3 aliphatic heterocycles. The molecule has 0 saturated carbocycles. The fourth-order valence-electron chi connectivity index (χ4n) is 7.80. The fraction of sp³-hybridized carbons (Fsp3) is 0.390. The Hall–Kier alpha value is -4.53. The maximum Gasteiger partial charge on any atom is 0.245 e. The van der Waals surface area contributed by atoms with E-state index in [0.29, 0.717) is 31.8 Å². The van der Waals surface area contributed by atoms with Crippen LogP contribution in [0.15, 0.2) is 97.1 Å². The molecule has 3 amide bonds. The Morgan fingerprint density at radius 2 is 1.43 bits per heavy atom. The van der Waals surface area contributed by atoms with Gasteiger partial charge in [-0.05, 0) is 90.7 Å². The minimum atomic E-state index is -0.864. The van der Waals surface area contributed by atoms with Crippen LogP contribution in [0.25, 0.3) is 21.9 Å². The Kier molecular flexibility index (Phi) is 10.3. The zero-order chi connectivity index (χ0) is 33.6. The Labute approximate surface area is 289 Å². The molecule has 4 atom stereocenters. The molecule has 4 N–H and O–H groups in total. The van der Waals surface area contributed by atoms with Crippen LogP contribution in [-0.2, 0) is 27.2 Å². The molecule has 3 heterocycles. The second-order valence-electron chi connectivity index (χ2n) is 14.0. The summed E-state index contributed by atoms with van der Waals surface area (Å²) in [6.07, 6.45) is 4.57. The SMILES string of the molecule is O=C1N[C@@H]([C@H](Cc2ccc(-c3ccccc3)cc2)N(CC2CCNCC2)C(=O)C2CCCNC2)C(=O)N[C@H]1Cc1ccc2ccccc2c1. The number of nitrogens with one attached hydrogen (secondary N) is 4. The van der Waals surface area contributed by atoms with Crippen molar-refractivity contribution in [1.29, 1.82) is 0 Å². The maximum atomic E-state index is 14.5. The van der Waals surface area contributed by atoms with Gasteiger partial charge in [0.2, 0.25) is 17.7 Å². The highest BCUT2D eigenvalue weighted by Crippen LogP contribution is 2.27. The van der Waals surface area contributed by atoms with Crippen LogP contribution in [0.1, 0.15) is 36.8 Å². The molecule has 254 valence electrons. The summed E-state index contributed by atoms with van der Waals surface area (Å²) < 4.78 is 0. The summed E-state index contributed by atoms with van der Waals surface area (Å²) in [6.45, 7) is 3.96. The first-order valence-electron chi connectivity index (χ1n) is 18.0. The third-order valence-corrected chi connectivity index (χ3v) is 10.6. The second-order valence-corrected chi connectivity index (χ2v) is 14.0. The van der Waals surface area contributed by atoms with Crippen molar-refractivity contribution in [3.8, 4) is 11.1 Å². The van der Waals surface area contributed by atoms with Crippen LogP contribution < -0.4 is 21.3 Å². The summed E-state index contributed by atoms with van der Waals surface area (Å²) >= 11 is 0. The average molecular weight is 658 g/mol. The van der Waals surface area contributed by atoms with Crippen LogP contribution in [0.3, 0.4) is 0 Å². The number of hydrogen-bond donors (Lipinski definition) is 4. The van der Waals surface area contributed by atoms with E-state index >= 15 is 0 Å². The van der Waals surface area contributed by atoms with Crippen molar-refractivity contribution in [2.75, 3.05) is 32.7 Å². The molecule has 0 bridgehead atoms. The number of hydrogen-bond acceptors (Lipinski definition) is 5. The smallest absolute Gasteiger partial charge is 0.245 e. The predicted octanol–water partition coefficient (Wildman–Crippen LogP) is 4.47. The third-order valence-electron chi connectivity index (χ3n) is 10.6. The number of fused-ring (bicyclic) bond motifs is 1. The van der Waals surface area contributed by atoms with Gasteiger partial charge < -0.3 is 26.2 Å². The minimum absolute atomic E-state index is 0.0805. The number of carbonyl (C=O) groups is 3. The van der Waals surface area contributed by atoms with Crippen molar-refractivity contribution in [2.24, 2.45) is 11.8 Å². The van der Waals surface area contributed by atoms with Gasteiger partial charge in [-0.25, -0.2) is 0 Å². The number of nitrogens with zero attached hydrogens (tertiary/aromatic N) is 1. The lowest BCUT2D eigenvalue weighted by Gasteiger charge is -2.43. The summed E-state index contributed by atoms with van der Waals surface area (Å²) in [6, 6.07) is 30.8. The summed E-state index contributed by atoms with van der Waals surface area (Å²) in [4.78, 5) is 44.4. The molecule has 0 radical (unpaired) electrons. The lowest BCUT2D eigenvalue weighted by atomic mass is 9.88. The molecule has 4 aromatic carbocycles. The molecule has 4 aromatic rings. The third kappa shape index (κ3) is 7.87. The summed E-state index contributed by atoms with van der Waals surface area (Å²) in [5.41, 5.74) is 4.25. The van der Waals surface area contributed by atoms with E-state index in [1.807, 2.05) is 41.3 Å². The van der Waals surface area contributed by atoms with E-state index in [1.54, 1.807) is 0 Å². The minimum Gasteiger partial charge on any atom is -0.342 e. The lowest BCUT2D eigenvalue weighted by molar-refractivity contribution is -0.145. The molecule has 0 aliphatic carbocycles. The average Bonchev–Trinajstić information content (AvgIpc) is 3.15. The normalized spacial score (nSPS) is 22.2. The summed E-state index contributed by atoms with van der Waals surface area (Å²) in [5, 5.41) is 15.3. The van der Waals surface area contributed by atoms with Gasteiger partial charge in [0.05, 0.1) is 12.0 Å². The summed E-state index contributed by atoms with van der Waals surface area (Å²) in [7, 11) is 0. The van der Waals surface area contributed by atoms with Crippen LogP contribution in [0.4, 0.5) is 0 Å². The van der Waals surface area contributed by atoms with Crippen molar-refractivity contribution >= 4 is 28.5 Å². The van der Waals surface area contributed by atoms with Gasteiger partial charge in [-0.2, -0.15) is 0 Å². The Morgan fingerprint density at radius 3 is 2.18 bits per heavy atom. The molecule has 0 spiro atoms. The Morgan fingerprint density at radius 1 is 0.714 bits per heavy atom. The number of rotatable bonds is 10. The molecule has 7 rings (SSSR count). The molecule has 0 aromatic heterocycles. The van der Waals surface area contributed by atoms with Gasteiger partial charge in [-0.15, -0.1) is 0 Å². The van der Waals surface area contributed by atoms with Crippen molar-refractivity contribution in [3.05, 3.63) is 108 Å². The molecular weight excluding hydrogens is 610 g/mol. The van der Waals surface area contributed by atoms with Crippen LogP contribution in [0, 0.1) is 11.8 Å². The molecular formula is C41H47N5O3. The maximum absolute atomic E-state index is 14.5. The number of amides is 3. The van der Waals surface area contributed by atoms with Gasteiger partial charge in [-0.3, -0.25) is 14.4 Å². The standard InChI is InChI=1S/C41H47N5O3/c47-39-36(24-30-14-17-32-9-4-5-10-34(32)23-30)44-40(48)38(45-39)37(25-28-12-15-33(16-13-28)31-7-2-1-3-8-31)46(27-29-18-21-42-22-19-29)41(49)35-11-6-20-43-26-35/h1-5,7-10,12-17,23,29,35-38,42-43H,6,11,18-22,24-27H2,(H,44,48)(H,45,47)/t35?,36-,37-,38-/m0/s1. The molecule has 3 saturated heterocycles. The Bertz CT molecular complexity index is 1750. The van der Waals surface area contributed by atoms with Gasteiger partial charge in [0.1, 0.15) is 12.1 Å². The van der Waals surface area contributed by atoms with Gasteiger partial charge >= 0.3 is 0 Å². The molecule has 3 aliphatic rings. The lowest BCUT2D eigenvalue weighted by Crippen LogP contribution is -2.69. The second kappa shape index (κ2) is 15.3. The first-order valence-corrected chi connectivity index (χ1v) is 18.0. The molecule has 3 fully saturated rings. The van der Waals surface area contributed by atoms with E-state index in [9.17, 15) is 14.4 Å². The number of carbonyl (C=O) groups excluding carboxylic acids is 3. The van der Waals surface area contributed by atoms with Crippen molar-refractivity contribution < 1.29 is 14.4 Å². The van der Waals surface area contributed by atoms with Gasteiger partial charge in [0.15, 0.2) is 0 Å². The van der Waals surface area contributed by atoms with Crippen LogP contribution >= 0.6 is 0 Å². The van der Waals surface area contributed by atoms with Gasteiger partial charge in [-0.1, -0.05) is 97.1 Å². The van der Waals surface area contributed by atoms with E-state index in [2.05, 4.69) is 81.9 Å². The molecule has 8 heteroatoms. The number of benzene rings is 4. The quantitative estimate of drug-likeness (QED) is 0.202. The van der Waals surface area contributed by atoms with Crippen molar-refractivity contribution in [2.45, 2.75) is 56.7 Å². The largest absolute Gasteiger partial charge is 0.342 e. The monoisotopic (exact) mass is 657 g/mol. The van der Waals surface area contributed by atoms with Crippen molar-refractivity contribution in [1.82, 2.24) is 26.2 Å². The molecule has 49 heavy (non-hydrogen) atoms. The molecule has 1 unspecified atom stereocenters. The number of piperidine rings is 2. The zero-order valence-electron chi connectivity index (χ0n) is 28.1. The first-order chi connectivity index (χ1) is 24.0. The topological polar surface area (TPSA) is 103 Å². The van der Waals surface area contributed by atoms with Crippen LogP contribution in [-0.4, -0.2) is 73.5 Å². The van der Waals surface area contributed by atoms with Crippen LogP contribution in [0.5, 0.6) is 0 Å². The number of piperazine rings is 1. The van der Waals surface area contributed by atoms with Crippen molar-refractivity contribution in [3.63, 3.8) is 0 Å². The highest BCUT2D eigenvalue weighted by atomic mass is 16.2. The zero-order valence-corrected chi connectivity index (χ0v) is 28.1.